The van der Waals surface area contributed by atoms with Crippen molar-refractivity contribution < 1.29 is 18.0 Å². The topological polar surface area (TPSA) is 44.4 Å². The first kappa shape index (κ1) is 18.1. The summed E-state index contributed by atoms with van der Waals surface area (Å²) in [6.07, 6.45) is -1.96. The molecule has 0 atom stereocenters. The molecule has 26 heavy (non-hydrogen) atoms. The number of nitrogens with one attached hydrogen (secondary N) is 2. The van der Waals surface area contributed by atoms with Gasteiger partial charge < -0.3 is 15.5 Å². The molecule has 1 heterocycles. The van der Waals surface area contributed by atoms with Crippen LogP contribution >= 0.6 is 0 Å². The Bertz CT molecular complexity index is 736. The minimum atomic E-state index is -4.38. The zero-order valence-corrected chi connectivity index (χ0v) is 14.1. The summed E-state index contributed by atoms with van der Waals surface area (Å²) in [5.41, 5.74) is 1.57. The van der Waals surface area contributed by atoms with Crippen LogP contribution < -0.4 is 15.5 Å². The maximum Gasteiger partial charge on any atom is 0.416 e. The van der Waals surface area contributed by atoms with E-state index in [4.69, 9.17) is 0 Å². The fourth-order valence-corrected chi connectivity index (χ4v) is 2.90. The second-order valence-electron chi connectivity index (χ2n) is 6.22. The van der Waals surface area contributed by atoms with Crippen LogP contribution in [0.3, 0.4) is 0 Å². The zero-order chi connectivity index (χ0) is 18.6. The van der Waals surface area contributed by atoms with Crippen LogP contribution in [0.1, 0.15) is 18.4 Å². The van der Waals surface area contributed by atoms with E-state index in [0.29, 0.717) is 5.69 Å². The Kier molecular flexibility index (Phi) is 5.35. The van der Waals surface area contributed by atoms with E-state index in [0.717, 1.165) is 30.9 Å². The summed E-state index contributed by atoms with van der Waals surface area (Å²) in [7, 11) is 0. The van der Waals surface area contributed by atoms with Crippen LogP contribution in [0.25, 0.3) is 0 Å². The highest BCUT2D eigenvalue weighted by atomic mass is 19.4. The number of anilines is 3. The fourth-order valence-electron chi connectivity index (χ4n) is 2.90. The maximum absolute atomic E-state index is 12.5. The maximum atomic E-state index is 12.5. The number of amides is 1. The van der Waals surface area contributed by atoms with Crippen LogP contribution in [0.5, 0.6) is 0 Å². The quantitative estimate of drug-likeness (QED) is 0.830. The predicted molar refractivity (Wildman–Crippen MR) is 96.5 cm³/mol. The van der Waals surface area contributed by atoms with Crippen molar-refractivity contribution in [3.8, 4) is 0 Å². The first-order valence-corrected chi connectivity index (χ1v) is 8.48. The number of halogens is 3. The molecule has 1 aliphatic rings. The van der Waals surface area contributed by atoms with E-state index in [1.165, 1.54) is 30.7 Å². The van der Waals surface area contributed by atoms with Crippen molar-refractivity contribution in [3.63, 3.8) is 0 Å². The number of hydrogen-bond acceptors (Lipinski definition) is 3. The second-order valence-corrected chi connectivity index (χ2v) is 6.22. The summed E-state index contributed by atoms with van der Waals surface area (Å²) in [4.78, 5) is 14.3. The summed E-state index contributed by atoms with van der Waals surface area (Å²) >= 11 is 0. The van der Waals surface area contributed by atoms with Gasteiger partial charge in [-0.05, 0) is 61.4 Å². The van der Waals surface area contributed by atoms with E-state index >= 15 is 0 Å². The molecule has 0 radical (unpaired) electrons. The van der Waals surface area contributed by atoms with Crippen molar-refractivity contribution in [1.82, 2.24) is 0 Å². The first-order valence-electron chi connectivity index (χ1n) is 8.48. The van der Waals surface area contributed by atoms with Crippen LogP contribution in [0.4, 0.5) is 30.2 Å². The normalized spacial score (nSPS) is 14.3. The van der Waals surface area contributed by atoms with Gasteiger partial charge in [0.15, 0.2) is 0 Å². The lowest BCUT2D eigenvalue weighted by Crippen LogP contribution is -2.22. The van der Waals surface area contributed by atoms with E-state index < -0.39 is 11.7 Å². The Labute approximate surface area is 150 Å². The fraction of sp³-hybridized carbons (Fsp3) is 0.316. The summed E-state index contributed by atoms with van der Waals surface area (Å²) in [6.45, 7) is 2.18. The Morgan fingerprint density at radius 2 is 1.50 bits per heavy atom. The zero-order valence-electron chi connectivity index (χ0n) is 14.1. The SMILES string of the molecule is O=C(CNc1ccc(N2CCCC2)cc1)Nc1ccc(C(F)(F)F)cc1. The molecule has 1 fully saturated rings. The van der Waals surface area contributed by atoms with Crippen molar-refractivity contribution in [1.29, 1.82) is 0 Å². The van der Waals surface area contributed by atoms with Crippen molar-refractivity contribution >= 4 is 23.0 Å². The van der Waals surface area contributed by atoms with Gasteiger partial charge in [-0.15, -0.1) is 0 Å². The molecule has 1 amide bonds. The van der Waals surface area contributed by atoms with Gasteiger partial charge >= 0.3 is 6.18 Å². The monoisotopic (exact) mass is 363 g/mol. The largest absolute Gasteiger partial charge is 0.416 e. The van der Waals surface area contributed by atoms with Gasteiger partial charge in [0.2, 0.25) is 5.91 Å². The minimum absolute atomic E-state index is 0.0318. The Balaban J connectivity index is 1.49. The minimum Gasteiger partial charge on any atom is -0.376 e. The number of carbonyl (C=O) groups is 1. The molecule has 0 aliphatic carbocycles. The van der Waals surface area contributed by atoms with E-state index in [1.54, 1.807) is 0 Å². The van der Waals surface area contributed by atoms with Gasteiger partial charge in [-0.2, -0.15) is 13.2 Å². The standard InChI is InChI=1S/C19H20F3N3O/c20-19(21,22)14-3-5-16(6-4-14)24-18(26)13-23-15-7-9-17(10-8-15)25-11-1-2-12-25/h3-10,23H,1-2,11-13H2,(H,24,26). The third-order valence-electron chi connectivity index (χ3n) is 4.29. The highest BCUT2D eigenvalue weighted by Gasteiger charge is 2.29. The molecular weight excluding hydrogens is 343 g/mol. The summed E-state index contributed by atoms with van der Waals surface area (Å²) in [5.74, 6) is -0.326. The molecule has 4 nitrogen and oxygen atoms in total. The second kappa shape index (κ2) is 7.68. The third kappa shape index (κ3) is 4.68. The number of nitrogens with zero attached hydrogens (tertiary/aromatic N) is 1. The number of alkyl halides is 3. The molecule has 7 heteroatoms. The molecule has 0 spiro atoms. The predicted octanol–water partition coefficient (Wildman–Crippen LogP) is 4.36. The Morgan fingerprint density at radius 1 is 0.923 bits per heavy atom. The van der Waals surface area contributed by atoms with Crippen LogP contribution in [0.15, 0.2) is 48.5 Å². The molecule has 0 bridgehead atoms. The highest BCUT2D eigenvalue weighted by Crippen LogP contribution is 2.29. The lowest BCUT2D eigenvalue weighted by atomic mass is 10.2. The van der Waals surface area contributed by atoms with Crippen molar-refractivity contribution in [2.75, 3.05) is 35.2 Å². The van der Waals surface area contributed by atoms with Crippen molar-refractivity contribution in [3.05, 3.63) is 54.1 Å². The molecule has 1 aliphatic heterocycles. The van der Waals surface area contributed by atoms with Gasteiger partial charge in [0, 0.05) is 30.2 Å². The smallest absolute Gasteiger partial charge is 0.376 e. The van der Waals surface area contributed by atoms with Crippen molar-refractivity contribution in [2.45, 2.75) is 19.0 Å². The van der Waals surface area contributed by atoms with Gasteiger partial charge in [-0.1, -0.05) is 0 Å². The lowest BCUT2D eigenvalue weighted by molar-refractivity contribution is -0.137. The van der Waals surface area contributed by atoms with E-state index in [-0.39, 0.29) is 12.5 Å². The summed E-state index contributed by atoms with van der Waals surface area (Å²) in [6, 6.07) is 12.2. The summed E-state index contributed by atoms with van der Waals surface area (Å²) in [5, 5.41) is 5.58. The molecule has 138 valence electrons. The number of benzene rings is 2. The van der Waals surface area contributed by atoms with Gasteiger partial charge in [0.05, 0.1) is 12.1 Å². The average Bonchev–Trinajstić information content (AvgIpc) is 3.15. The molecule has 0 aromatic heterocycles. The molecule has 0 saturated carbocycles. The van der Waals surface area contributed by atoms with Crippen LogP contribution in [0.2, 0.25) is 0 Å². The molecule has 3 rings (SSSR count). The van der Waals surface area contributed by atoms with Gasteiger partial charge in [-0.25, -0.2) is 0 Å². The number of hydrogen-bond donors (Lipinski definition) is 2. The molecule has 2 aromatic rings. The molecule has 0 unspecified atom stereocenters. The van der Waals surface area contributed by atoms with E-state index in [2.05, 4.69) is 15.5 Å². The highest BCUT2D eigenvalue weighted by molar-refractivity contribution is 5.93. The first-order chi connectivity index (χ1) is 12.4. The van der Waals surface area contributed by atoms with E-state index in [1.807, 2.05) is 24.3 Å². The molecule has 2 N–H and O–H groups in total. The van der Waals surface area contributed by atoms with Gasteiger partial charge in [-0.3, -0.25) is 4.79 Å². The van der Waals surface area contributed by atoms with Crippen LogP contribution in [0, 0.1) is 0 Å². The third-order valence-corrected chi connectivity index (χ3v) is 4.29. The molecule has 1 saturated heterocycles. The van der Waals surface area contributed by atoms with Gasteiger partial charge in [0.1, 0.15) is 0 Å². The lowest BCUT2D eigenvalue weighted by Gasteiger charge is -2.18. The van der Waals surface area contributed by atoms with Gasteiger partial charge in [0.25, 0.3) is 0 Å². The van der Waals surface area contributed by atoms with Crippen molar-refractivity contribution in [2.24, 2.45) is 0 Å². The Hall–Kier alpha value is -2.70. The van der Waals surface area contributed by atoms with Crippen LogP contribution in [-0.2, 0) is 11.0 Å². The van der Waals surface area contributed by atoms with Crippen LogP contribution in [-0.4, -0.2) is 25.5 Å². The molecule has 2 aromatic carbocycles. The molecular formula is C19H20F3N3O. The average molecular weight is 363 g/mol. The Morgan fingerprint density at radius 3 is 2.08 bits per heavy atom. The number of rotatable bonds is 5. The number of carbonyl (C=O) groups excluding carboxylic acids is 1. The van der Waals surface area contributed by atoms with E-state index in [9.17, 15) is 18.0 Å². The summed E-state index contributed by atoms with van der Waals surface area (Å²) < 4.78 is 37.6.